The van der Waals surface area contributed by atoms with Gasteiger partial charge in [-0.15, -0.1) is 0 Å². The predicted molar refractivity (Wildman–Crippen MR) is 89.3 cm³/mol. The Kier molecular flexibility index (Phi) is 6.17. The van der Waals surface area contributed by atoms with E-state index in [-0.39, 0.29) is 6.54 Å². The second-order valence-electron chi connectivity index (χ2n) is 7.28. The molecule has 1 rings (SSSR count). The topological polar surface area (TPSA) is 76.7 Å². The summed E-state index contributed by atoms with van der Waals surface area (Å²) in [6.07, 6.45) is -1.29. The van der Waals surface area contributed by atoms with E-state index in [1.807, 2.05) is 0 Å². The van der Waals surface area contributed by atoms with Gasteiger partial charge >= 0.3 is 12.2 Å². The monoisotopic (exact) mass is 340 g/mol. The van der Waals surface area contributed by atoms with Crippen LogP contribution in [0.5, 0.6) is 0 Å². The van der Waals surface area contributed by atoms with Crippen LogP contribution >= 0.6 is 0 Å². The number of hydrogen-bond acceptors (Lipinski definition) is 4. The summed E-state index contributed by atoms with van der Waals surface area (Å²) < 4.78 is 23.7. The van der Waals surface area contributed by atoms with Crippen molar-refractivity contribution in [3.8, 4) is 0 Å². The number of carbonyl (C=O) groups is 2. The van der Waals surface area contributed by atoms with Gasteiger partial charge in [-0.05, 0) is 65.3 Å². The Morgan fingerprint density at radius 3 is 2.08 bits per heavy atom. The van der Waals surface area contributed by atoms with Gasteiger partial charge in [0.25, 0.3) is 0 Å². The maximum absolute atomic E-state index is 13.5. The number of rotatable bonds is 3. The summed E-state index contributed by atoms with van der Waals surface area (Å²) in [5.41, 5.74) is -0.545. The molecule has 0 radical (unpaired) electrons. The standard InChI is InChI=1S/C17H25FN2O4/c1-16(2,3)23-14(21)19-10-11-9-12(18)7-8-13(11)20-15(22)24-17(4,5)6/h7-9H,10H2,1-6H3,(H,19,21)(H,20,22). The SMILES string of the molecule is CC(C)(C)OC(=O)NCc1cc(F)ccc1NC(=O)OC(C)(C)C. The molecule has 0 aliphatic carbocycles. The normalized spacial score (nSPS) is 11.6. The molecule has 0 saturated carbocycles. The van der Waals surface area contributed by atoms with Gasteiger partial charge in [0.2, 0.25) is 0 Å². The maximum Gasteiger partial charge on any atom is 0.412 e. The van der Waals surface area contributed by atoms with Crippen molar-refractivity contribution in [3.63, 3.8) is 0 Å². The Bertz CT molecular complexity index is 604. The lowest BCUT2D eigenvalue weighted by molar-refractivity contribution is 0.0523. The number of ether oxygens (including phenoxy) is 2. The molecular weight excluding hydrogens is 315 g/mol. The largest absolute Gasteiger partial charge is 0.444 e. The van der Waals surface area contributed by atoms with E-state index in [1.165, 1.54) is 18.2 Å². The smallest absolute Gasteiger partial charge is 0.412 e. The molecule has 134 valence electrons. The van der Waals surface area contributed by atoms with Crippen LogP contribution in [-0.4, -0.2) is 23.4 Å². The first-order valence-electron chi connectivity index (χ1n) is 7.61. The van der Waals surface area contributed by atoms with Gasteiger partial charge in [-0.1, -0.05) is 0 Å². The van der Waals surface area contributed by atoms with Crippen molar-refractivity contribution >= 4 is 17.9 Å². The number of anilines is 1. The minimum Gasteiger partial charge on any atom is -0.444 e. The highest BCUT2D eigenvalue weighted by atomic mass is 19.1. The van der Waals surface area contributed by atoms with Crippen molar-refractivity contribution in [2.45, 2.75) is 59.3 Å². The third-order valence-electron chi connectivity index (χ3n) is 2.52. The molecule has 0 heterocycles. The van der Waals surface area contributed by atoms with Gasteiger partial charge in [-0.3, -0.25) is 5.32 Å². The Hall–Kier alpha value is -2.31. The fourth-order valence-electron chi connectivity index (χ4n) is 1.73. The van der Waals surface area contributed by atoms with E-state index < -0.39 is 29.2 Å². The Morgan fingerprint density at radius 1 is 1.00 bits per heavy atom. The summed E-state index contributed by atoms with van der Waals surface area (Å²) in [6.45, 7) is 10.4. The Morgan fingerprint density at radius 2 is 1.54 bits per heavy atom. The molecule has 0 spiro atoms. The third kappa shape index (κ3) is 7.80. The summed E-state index contributed by atoms with van der Waals surface area (Å²) in [5, 5.41) is 5.07. The van der Waals surface area contributed by atoms with Crippen molar-refractivity contribution < 1.29 is 23.5 Å². The first kappa shape index (κ1) is 19.7. The number of carbonyl (C=O) groups excluding carboxylic acids is 2. The van der Waals surface area contributed by atoms with Gasteiger partial charge in [-0.2, -0.15) is 0 Å². The summed E-state index contributed by atoms with van der Waals surface area (Å²) >= 11 is 0. The van der Waals surface area contributed by atoms with E-state index in [4.69, 9.17) is 9.47 Å². The number of nitrogens with one attached hydrogen (secondary N) is 2. The van der Waals surface area contributed by atoms with E-state index in [2.05, 4.69) is 10.6 Å². The fourth-order valence-corrected chi connectivity index (χ4v) is 1.73. The molecule has 0 aliphatic rings. The van der Waals surface area contributed by atoms with E-state index in [0.717, 1.165) is 0 Å². The van der Waals surface area contributed by atoms with Crippen LogP contribution in [0.1, 0.15) is 47.1 Å². The van der Waals surface area contributed by atoms with Gasteiger partial charge in [0.15, 0.2) is 0 Å². The van der Waals surface area contributed by atoms with E-state index >= 15 is 0 Å². The number of alkyl carbamates (subject to hydrolysis) is 1. The molecule has 24 heavy (non-hydrogen) atoms. The van der Waals surface area contributed by atoms with Crippen LogP contribution < -0.4 is 10.6 Å². The molecule has 0 saturated heterocycles. The van der Waals surface area contributed by atoms with Crippen molar-refractivity contribution in [1.29, 1.82) is 0 Å². The Labute approximate surface area is 141 Å². The fraction of sp³-hybridized carbons (Fsp3) is 0.529. The molecule has 7 heteroatoms. The molecule has 2 amide bonds. The first-order valence-corrected chi connectivity index (χ1v) is 7.61. The van der Waals surface area contributed by atoms with Crippen molar-refractivity contribution in [2.24, 2.45) is 0 Å². The molecular formula is C17H25FN2O4. The van der Waals surface area contributed by atoms with Crippen LogP contribution in [-0.2, 0) is 16.0 Å². The highest BCUT2D eigenvalue weighted by Crippen LogP contribution is 2.19. The van der Waals surface area contributed by atoms with Crippen LogP contribution in [0, 0.1) is 5.82 Å². The highest BCUT2D eigenvalue weighted by molar-refractivity contribution is 5.86. The van der Waals surface area contributed by atoms with Crippen LogP contribution in [0.25, 0.3) is 0 Å². The number of amides is 2. The lowest BCUT2D eigenvalue weighted by atomic mass is 10.1. The van der Waals surface area contributed by atoms with Crippen molar-refractivity contribution in [1.82, 2.24) is 5.32 Å². The van der Waals surface area contributed by atoms with Gasteiger partial charge in [0, 0.05) is 12.2 Å². The average Bonchev–Trinajstić information content (AvgIpc) is 2.34. The quantitative estimate of drug-likeness (QED) is 0.864. The Balaban J connectivity index is 2.78. The second kappa shape index (κ2) is 7.51. The van der Waals surface area contributed by atoms with Gasteiger partial charge in [0.1, 0.15) is 17.0 Å². The summed E-state index contributed by atoms with van der Waals surface area (Å²) in [7, 11) is 0. The second-order valence-corrected chi connectivity index (χ2v) is 7.28. The minimum atomic E-state index is -0.660. The number of benzene rings is 1. The molecule has 2 N–H and O–H groups in total. The van der Waals surface area contributed by atoms with Gasteiger partial charge in [0.05, 0.1) is 0 Å². The van der Waals surface area contributed by atoms with Crippen molar-refractivity contribution in [3.05, 3.63) is 29.6 Å². The molecule has 0 fully saturated rings. The molecule has 0 atom stereocenters. The number of halogens is 1. The zero-order valence-corrected chi connectivity index (χ0v) is 15.0. The zero-order chi connectivity index (χ0) is 18.5. The summed E-state index contributed by atoms with van der Waals surface area (Å²) in [5.74, 6) is -0.481. The van der Waals surface area contributed by atoms with Crippen molar-refractivity contribution in [2.75, 3.05) is 5.32 Å². The summed E-state index contributed by atoms with van der Waals surface area (Å²) in [6, 6.07) is 3.85. The molecule has 0 bridgehead atoms. The molecule has 0 unspecified atom stereocenters. The third-order valence-corrected chi connectivity index (χ3v) is 2.52. The highest BCUT2D eigenvalue weighted by Gasteiger charge is 2.19. The molecule has 0 aromatic heterocycles. The molecule has 1 aromatic carbocycles. The minimum absolute atomic E-state index is 0.00218. The molecule has 0 aliphatic heterocycles. The maximum atomic E-state index is 13.5. The summed E-state index contributed by atoms with van der Waals surface area (Å²) in [4.78, 5) is 23.6. The van der Waals surface area contributed by atoms with Crippen LogP contribution in [0.2, 0.25) is 0 Å². The van der Waals surface area contributed by atoms with E-state index in [1.54, 1.807) is 41.5 Å². The van der Waals surface area contributed by atoms with Crippen LogP contribution in [0.15, 0.2) is 18.2 Å². The van der Waals surface area contributed by atoms with E-state index in [9.17, 15) is 14.0 Å². The van der Waals surface area contributed by atoms with Gasteiger partial charge < -0.3 is 14.8 Å². The first-order chi connectivity index (χ1) is 10.9. The zero-order valence-electron chi connectivity index (χ0n) is 15.0. The molecule has 6 nitrogen and oxygen atoms in total. The average molecular weight is 340 g/mol. The van der Waals surface area contributed by atoms with E-state index in [0.29, 0.717) is 11.3 Å². The predicted octanol–water partition coefficient (Wildman–Crippen LogP) is 4.20. The van der Waals surface area contributed by atoms with Crippen LogP contribution in [0.4, 0.5) is 19.7 Å². The van der Waals surface area contributed by atoms with Crippen LogP contribution in [0.3, 0.4) is 0 Å². The number of hydrogen-bond donors (Lipinski definition) is 2. The van der Waals surface area contributed by atoms with Gasteiger partial charge in [-0.25, -0.2) is 14.0 Å². The lowest BCUT2D eigenvalue weighted by Gasteiger charge is -2.21. The molecule has 1 aromatic rings. The lowest BCUT2D eigenvalue weighted by Crippen LogP contribution is -2.32.